The summed E-state index contributed by atoms with van der Waals surface area (Å²) in [6.07, 6.45) is -3.24. The Morgan fingerprint density at radius 2 is 1.79 bits per heavy atom. The number of nitrogens with two attached hydrogens (primary N) is 1. The number of nitrogen functional groups attached to an aromatic ring is 1. The molecule has 0 spiro atoms. The van der Waals surface area contributed by atoms with Gasteiger partial charge in [-0.2, -0.15) is 13.2 Å². The van der Waals surface area contributed by atoms with E-state index in [4.69, 9.17) is 19.7 Å². The highest BCUT2D eigenvalue weighted by Crippen LogP contribution is 2.46. The molecule has 2 aromatic heterocycles. The molecule has 3 rings (SSSR count). The maximum absolute atomic E-state index is 13.9. The van der Waals surface area contributed by atoms with Gasteiger partial charge in [-0.25, -0.2) is 20.0 Å². The van der Waals surface area contributed by atoms with Gasteiger partial charge in [0.25, 0.3) is 0 Å². The Hall–Kier alpha value is -3.22. The van der Waals surface area contributed by atoms with Crippen molar-refractivity contribution in [3.05, 3.63) is 42.5 Å². The molecule has 0 aliphatic rings. The predicted molar refractivity (Wildman–Crippen MR) is 133 cm³/mol. The lowest BCUT2D eigenvalue weighted by atomic mass is 10.1. The molecule has 0 saturated carbocycles. The minimum Gasteiger partial charge on any atom is -0.462 e. The third kappa shape index (κ3) is 7.42. The van der Waals surface area contributed by atoms with Crippen molar-refractivity contribution in [1.29, 1.82) is 0 Å². The largest absolute Gasteiger partial charge is 0.462 e. The molecule has 2 atom stereocenters. The van der Waals surface area contributed by atoms with Crippen LogP contribution in [0.15, 0.2) is 36.9 Å². The van der Waals surface area contributed by atoms with Gasteiger partial charge in [-0.05, 0) is 58.9 Å². The number of hydrogen-bond acceptors (Lipinski definition) is 9. The first-order chi connectivity index (χ1) is 17.6. The summed E-state index contributed by atoms with van der Waals surface area (Å²) in [5, 5.41) is 2.67. The number of nitrogens with one attached hydrogen (secondary N) is 1. The highest BCUT2D eigenvalue weighted by atomic mass is 31.2. The van der Waals surface area contributed by atoms with Gasteiger partial charge in [-0.15, -0.1) is 0 Å². The molecule has 0 radical (unpaired) electrons. The lowest BCUT2D eigenvalue weighted by molar-refractivity contribution is -0.153. The molecule has 3 N–H and O–H groups in total. The van der Waals surface area contributed by atoms with Crippen LogP contribution in [-0.4, -0.2) is 49.6 Å². The third-order valence-corrected chi connectivity index (χ3v) is 7.04. The highest BCUT2D eigenvalue weighted by Gasteiger charge is 2.40. The number of aromatic nitrogens is 4. The molecule has 0 unspecified atom stereocenters. The van der Waals surface area contributed by atoms with Crippen molar-refractivity contribution in [1.82, 2.24) is 24.6 Å². The van der Waals surface area contributed by atoms with Crippen LogP contribution in [0.1, 0.15) is 40.2 Å². The molecule has 0 saturated heterocycles. The van der Waals surface area contributed by atoms with Crippen LogP contribution in [0.2, 0.25) is 0 Å². The Balaban J connectivity index is 1.79. The van der Waals surface area contributed by atoms with Crippen LogP contribution >= 0.6 is 7.52 Å². The van der Waals surface area contributed by atoms with E-state index in [-0.39, 0.29) is 18.1 Å². The number of ether oxygens (including phenoxy) is 2. The van der Waals surface area contributed by atoms with Gasteiger partial charge in [0, 0.05) is 0 Å². The maximum atomic E-state index is 13.9. The molecule has 3 aromatic rings. The van der Waals surface area contributed by atoms with Gasteiger partial charge in [-0.3, -0.25) is 9.36 Å². The van der Waals surface area contributed by atoms with Crippen LogP contribution in [0.25, 0.3) is 11.2 Å². The minimum atomic E-state index is -4.55. The number of carbonyl (C=O) groups is 1. The number of nitrogens with zero attached hydrogens (tertiary/aromatic N) is 4. The summed E-state index contributed by atoms with van der Waals surface area (Å²) < 4.78 is 71.1. The molecule has 208 valence electrons. The van der Waals surface area contributed by atoms with E-state index < -0.39 is 49.3 Å². The molecule has 0 bridgehead atoms. The number of carbonyl (C=O) groups excluding carboxylic acids is 1. The molecule has 2 heterocycles. The Morgan fingerprint density at radius 1 is 1.13 bits per heavy atom. The van der Waals surface area contributed by atoms with Crippen molar-refractivity contribution in [3.8, 4) is 5.75 Å². The van der Waals surface area contributed by atoms with E-state index >= 15 is 0 Å². The monoisotopic (exact) mass is 558 g/mol. The Bertz CT molecular complexity index is 1310. The van der Waals surface area contributed by atoms with Crippen LogP contribution in [0, 0.1) is 0 Å². The van der Waals surface area contributed by atoms with E-state index in [1.165, 1.54) is 26.5 Å². The van der Waals surface area contributed by atoms with Gasteiger partial charge in [0.2, 0.25) is 0 Å². The molecular weight excluding hydrogens is 528 g/mol. The van der Waals surface area contributed by atoms with Crippen molar-refractivity contribution >= 4 is 30.5 Å². The summed E-state index contributed by atoms with van der Waals surface area (Å²) in [7, 11) is -4.04. The van der Waals surface area contributed by atoms with Gasteiger partial charge >= 0.3 is 19.7 Å². The molecule has 15 heteroatoms. The Morgan fingerprint density at radius 3 is 2.39 bits per heavy atom. The summed E-state index contributed by atoms with van der Waals surface area (Å²) >= 11 is 0. The molecule has 38 heavy (non-hydrogen) atoms. The number of anilines is 1. The minimum absolute atomic E-state index is 0.106. The number of rotatable bonds is 11. The smallest absolute Gasteiger partial charge is 0.416 e. The molecule has 0 amide bonds. The first kappa shape index (κ1) is 29.3. The number of halogens is 3. The van der Waals surface area contributed by atoms with Crippen LogP contribution in [0.5, 0.6) is 5.75 Å². The Kier molecular flexibility index (Phi) is 8.69. The first-order valence-corrected chi connectivity index (χ1v) is 13.4. The van der Waals surface area contributed by atoms with Crippen LogP contribution < -0.4 is 15.3 Å². The predicted octanol–water partition coefficient (Wildman–Crippen LogP) is 4.38. The summed E-state index contributed by atoms with van der Waals surface area (Å²) in [5.41, 5.74) is 4.34. The van der Waals surface area contributed by atoms with E-state index in [1.807, 2.05) is 0 Å². The van der Waals surface area contributed by atoms with E-state index in [0.717, 1.165) is 24.3 Å². The molecule has 0 fully saturated rings. The number of hydrogen-bond donors (Lipinski definition) is 2. The second kappa shape index (κ2) is 11.3. The normalized spacial score (nSPS) is 14.9. The molecule has 0 aliphatic heterocycles. The van der Waals surface area contributed by atoms with Crippen molar-refractivity contribution in [2.24, 2.45) is 0 Å². The number of imidazole rings is 1. The Labute approximate surface area is 217 Å². The molecule has 11 nitrogen and oxygen atoms in total. The summed E-state index contributed by atoms with van der Waals surface area (Å²) in [6.45, 7) is 8.17. The van der Waals surface area contributed by atoms with Crippen LogP contribution in [-0.2, 0) is 31.6 Å². The van der Waals surface area contributed by atoms with Crippen LogP contribution in [0.4, 0.5) is 19.0 Å². The fraction of sp³-hybridized carbons (Fsp3) is 0.478. The number of fused-ring (bicyclic) bond motifs is 1. The van der Waals surface area contributed by atoms with Crippen molar-refractivity contribution in [2.75, 3.05) is 12.1 Å². The number of benzene rings is 1. The fourth-order valence-electron chi connectivity index (χ4n) is 3.38. The van der Waals surface area contributed by atoms with E-state index in [1.54, 1.807) is 25.3 Å². The molecular formula is C23H30F3N6O5P. The quantitative estimate of drug-likeness (QED) is 0.257. The van der Waals surface area contributed by atoms with Gasteiger partial charge in [0.15, 0.2) is 11.5 Å². The average molecular weight is 558 g/mol. The summed E-state index contributed by atoms with van der Waals surface area (Å²) in [4.78, 5) is 24.8. The number of esters is 1. The zero-order valence-corrected chi connectivity index (χ0v) is 22.4. The summed E-state index contributed by atoms with van der Waals surface area (Å²) in [6, 6.07) is 3.70. The lowest BCUT2D eigenvalue weighted by Gasteiger charge is -2.31. The van der Waals surface area contributed by atoms with Gasteiger partial charge in [-0.1, -0.05) is 0 Å². The third-order valence-electron chi connectivity index (χ3n) is 5.15. The van der Waals surface area contributed by atoms with Gasteiger partial charge in [0.05, 0.1) is 30.6 Å². The molecule has 1 aromatic carbocycles. The van der Waals surface area contributed by atoms with E-state index in [2.05, 4.69) is 20.0 Å². The summed E-state index contributed by atoms with van der Waals surface area (Å²) in [5.74, 6) is -0.582. The topological polar surface area (TPSA) is 143 Å². The van der Waals surface area contributed by atoms with Gasteiger partial charge in [0.1, 0.15) is 29.5 Å². The first-order valence-electron chi connectivity index (χ1n) is 11.6. The zero-order chi connectivity index (χ0) is 28.3. The molecule has 0 aliphatic carbocycles. The standard InChI is InChI=1S/C23H30F3N6O5P/c1-14(2)36-21(33)22(4,5)31-38(34,37-17-8-6-16(7-9-17)23(24,25)26)13-35-15(3)10-32-12-30-18-19(27)28-11-29-20(18)32/h6-9,11-12,14-15H,10,13H2,1-5H3,(H,31,34)(H2,27,28,29)/t15-,38+/m1/s1. The van der Waals surface area contributed by atoms with Crippen LogP contribution in [0.3, 0.4) is 0 Å². The lowest BCUT2D eigenvalue weighted by Crippen LogP contribution is -2.48. The van der Waals surface area contributed by atoms with E-state index in [9.17, 15) is 22.5 Å². The van der Waals surface area contributed by atoms with Crippen molar-refractivity contribution in [2.45, 2.75) is 65.1 Å². The highest BCUT2D eigenvalue weighted by molar-refractivity contribution is 7.57. The van der Waals surface area contributed by atoms with Crippen molar-refractivity contribution < 1.29 is 36.5 Å². The maximum Gasteiger partial charge on any atom is 0.416 e. The average Bonchev–Trinajstić information content (AvgIpc) is 3.21. The second-order valence-electron chi connectivity index (χ2n) is 9.41. The SMILES string of the molecule is CC(C)OC(=O)C(C)(C)N[P@](=O)(CO[C@H](C)Cn1cnc2c(N)ncnc21)Oc1ccc(C(F)(F)F)cc1. The fourth-order valence-corrected chi connectivity index (χ4v) is 5.40. The van der Waals surface area contributed by atoms with E-state index in [0.29, 0.717) is 11.2 Å². The van der Waals surface area contributed by atoms with Crippen molar-refractivity contribution in [3.63, 3.8) is 0 Å². The second-order valence-corrected chi connectivity index (χ2v) is 11.4. The zero-order valence-electron chi connectivity index (χ0n) is 21.5. The number of alkyl halides is 3. The van der Waals surface area contributed by atoms with Gasteiger partial charge < -0.3 is 24.3 Å².